The summed E-state index contributed by atoms with van der Waals surface area (Å²) in [7, 11) is 0.374. The zero-order valence-corrected chi connectivity index (χ0v) is 12.3. The number of quaternary nitrogens is 1. The topological polar surface area (TPSA) is 57.6 Å². The smallest absolute Gasteiger partial charge is 0.265 e. The predicted octanol–water partition coefficient (Wildman–Crippen LogP) is 0.683. The van der Waals surface area contributed by atoms with Crippen molar-refractivity contribution in [1.29, 1.82) is 0 Å². The van der Waals surface area contributed by atoms with Crippen molar-refractivity contribution < 1.29 is 17.5 Å². The van der Waals surface area contributed by atoms with Gasteiger partial charge in [0.1, 0.15) is 0 Å². The van der Waals surface area contributed by atoms with E-state index in [-0.39, 0.29) is 5.75 Å². The molecule has 0 aromatic heterocycles. The summed E-state index contributed by atoms with van der Waals surface area (Å²) in [4.78, 5) is 2.35. The Hall–Kier alpha value is -0.170. The first-order valence-corrected chi connectivity index (χ1v) is 7.80. The first kappa shape index (κ1) is 16.8. The molecule has 0 amide bonds. The molecule has 0 aromatic carbocycles. The van der Waals surface area contributed by atoms with E-state index in [1.54, 1.807) is 0 Å². The molecule has 104 valence electrons. The van der Waals surface area contributed by atoms with Crippen molar-refractivity contribution in [3.8, 4) is 0 Å². The minimum Gasteiger partial charge on any atom is -0.327 e. The zero-order valence-electron chi connectivity index (χ0n) is 11.5. The lowest BCUT2D eigenvalue weighted by atomic mass is 10.3. The Morgan fingerprint density at radius 1 is 1.12 bits per heavy atom. The van der Waals surface area contributed by atoms with Crippen LogP contribution in [0.3, 0.4) is 0 Å². The highest BCUT2D eigenvalue weighted by Crippen LogP contribution is 2.02. The van der Waals surface area contributed by atoms with E-state index in [9.17, 15) is 8.42 Å². The summed E-state index contributed by atoms with van der Waals surface area (Å²) < 4.78 is 30.7. The molecule has 0 heterocycles. The predicted molar refractivity (Wildman–Crippen MR) is 70.7 cm³/mol. The van der Waals surface area contributed by atoms with Crippen molar-refractivity contribution in [2.24, 2.45) is 0 Å². The molecule has 0 rings (SSSR count). The summed E-state index contributed by atoms with van der Waals surface area (Å²) in [6, 6.07) is 0. The molecule has 0 aliphatic rings. The fourth-order valence-corrected chi connectivity index (χ4v) is 2.23. The second-order valence-electron chi connectivity index (χ2n) is 5.05. The van der Waals surface area contributed by atoms with Crippen LogP contribution in [0.25, 0.3) is 0 Å². The van der Waals surface area contributed by atoms with E-state index in [2.05, 4.69) is 32.8 Å². The Balaban J connectivity index is 3.95. The maximum atomic E-state index is 10.6. The van der Waals surface area contributed by atoms with E-state index < -0.39 is 10.1 Å². The second kappa shape index (κ2) is 7.31. The monoisotopic (exact) mass is 267 g/mol. The van der Waals surface area contributed by atoms with Crippen molar-refractivity contribution >= 4 is 10.1 Å². The van der Waals surface area contributed by atoms with Crippen LogP contribution in [0, 0.1) is 0 Å². The van der Waals surface area contributed by atoms with E-state index in [1.165, 1.54) is 0 Å². The summed E-state index contributed by atoms with van der Waals surface area (Å²) in [5.74, 6) is -0.139. The molecular weight excluding hydrogens is 240 g/mol. The fraction of sp³-hybridized carbons (Fsp3) is 1.00. The molecule has 5 nitrogen and oxygen atoms in total. The van der Waals surface area contributed by atoms with Gasteiger partial charge in [-0.3, -0.25) is 9.45 Å². The van der Waals surface area contributed by atoms with Gasteiger partial charge in [0.15, 0.2) is 0 Å². The Morgan fingerprint density at radius 3 is 2.06 bits per heavy atom. The molecular formula is C11H27N2O3S+. The molecule has 0 saturated heterocycles. The Morgan fingerprint density at radius 2 is 1.65 bits per heavy atom. The quantitative estimate of drug-likeness (QED) is 0.493. The molecule has 0 spiro atoms. The van der Waals surface area contributed by atoms with Gasteiger partial charge in [0.25, 0.3) is 10.1 Å². The molecule has 0 bridgehead atoms. The van der Waals surface area contributed by atoms with Gasteiger partial charge in [0, 0.05) is 13.0 Å². The highest BCUT2D eigenvalue weighted by molar-refractivity contribution is 7.85. The molecule has 17 heavy (non-hydrogen) atoms. The first-order valence-electron chi connectivity index (χ1n) is 6.19. The van der Waals surface area contributed by atoms with Gasteiger partial charge in [-0.2, -0.15) is 8.42 Å². The van der Waals surface area contributed by atoms with Gasteiger partial charge in [-0.25, -0.2) is 0 Å². The third kappa shape index (κ3) is 9.52. The van der Waals surface area contributed by atoms with E-state index >= 15 is 0 Å². The average molecular weight is 267 g/mol. The number of nitrogens with zero attached hydrogens (tertiary/aromatic N) is 2. The lowest BCUT2D eigenvalue weighted by Crippen LogP contribution is -2.46. The molecule has 0 aliphatic carbocycles. The lowest BCUT2D eigenvalue weighted by molar-refractivity contribution is -0.889. The zero-order chi connectivity index (χ0) is 13.5. The summed E-state index contributed by atoms with van der Waals surface area (Å²) in [6.07, 6.45) is 0.504. The van der Waals surface area contributed by atoms with Crippen molar-refractivity contribution in [2.45, 2.75) is 20.3 Å². The van der Waals surface area contributed by atoms with E-state index in [0.29, 0.717) is 6.42 Å². The fourth-order valence-electron chi connectivity index (χ4n) is 1.74. The number of likely N-dealkylation sites (N-methyl/N-ethyl adjacent to an activating group) is 2. The van der Waals surface area contributed by atoms with Crippen LogP contribution in [0.2, 0.25) is 0 Å². The third-order valence-corrected chi connectivity index (χ3v) is 3.89. The molecule has 0 atom stereocenters. The van der Waals surface area contributed by atoms with Crippen molar-refractivity contribution in [1.82, 2.24) is 4.90 Å². The summed E-state index contributed by atoms with van der Waals surface area (Å²) >= 11 is 0. The van der Waals surface area contributed by atoms with E-state index in [1.807, 2.05) is 0 Å². The van der Waals surface area contributed by atoms with Crippen LogP contribution in [0.5, 0.6) is 0 Å². The Labute approximate surface area is 106 Å². The maximum absolute atomic E-state index is 10.6. The van der Waals surface area contributed by atoms with Gasteiger partial charge >= 0.3 is 0 Å². The summed E-state index contributed by atoms with van der Waals surface area (Å²) in [6.45, 7) is 9.15. The van der Waals surface area contributed by atoms with Gasteiger partial charge in [-0.1, -0.05) is 13.8 Å². The second-order valence-corrected chi connectivity index (χ2v) is 6.62. The largest absolute Gasteiger partial charge is 0.327 e. The SMILES string of the molecule is CCN(CC)CC[N+](C)(C)CCCS(=O)(=O)O. The van der Waals surface area contributed by atoms with Crippen molar-refractivity contribution in [3.05, 3.63) is 0 Å². The standard InChI is InChI=1S/C11H26N2O3S/c1-5-12(6-2)8-10-13(3,4)9-7-11-17(14,15)16/h5-11H2,1-4H3/p+1. The summed E-state index contributed by atoms with van der Waals surface area (Å²) in [5.41, 5.74) is 0. The minimum absolute atomic E-state index is 0.139. The highest BCUT2D eigenvalue weighted by Gasteiger charge is 2.17. The molecule has 0 radical (unpaired) electrons. The molecule has 0 saturated carbocycles. The molecule has 0 unspecified atom stereocenters. The summed E-state index contributed by atoms with van der Waals surface area (Å²) in [5, 5.41) is 0. The van der Waals surface area contributed by atoms with Crippen LogP contribution in [-0.4, -0.2) is 74.9 Å². The number of hydrogen-bond acceptors (Lipinski definition) is 3. The van der Waals surface area contributed by atoms with Gasteiger partial charge in [-0.05, 0) is 13.1 Å². The van der Waals surface area contributed by atoms with E-state index in [0.717, 1.165) is 37.2 Å². The van der Waals surface area contributed by atoms with Crippen LogP contribution in [0.1, 0.15) is 20.3 Å². The first-order chi connectivity index (χ1) is 7.70. The van der Waals surface area contributed by atoms with Crippen LogP contribution in [0.4, 0.5) is 0 Å². The maximum Gasteiger partial charge on any atom is 0.265 e. The number of rotatable bonds is 9. The molecule has 1 N–H and O–H groups in total. The van der Waals surface area contributed by atoms with Crippen LogP contribution >= 0.6 is 0 Å². The molecule has 6 heteroatoms. The Bertz CT molecular complexity index is 298. The number of hydrogen-bond donors (Lipinski definition) is 1. The van der Waals surface area contributed by atoms with Gasteiger partial charge in [0.2, 0.25) is 0 Å². The normalized spacial score (nSPS) is 13.3. The highest BCUT2D eigenvalue weighted by atomic mass is 32.2. The third-order valence-electron chi connectivity index (χ3n) is 3.08. The van der Waals surface area contributed by atoms with Gasteiger partial charge in [-0.15, -0.1) is 0 Å². The van der Waals surface area contributed by atoms with Crippen LogP contribution in [0.15, 0.2) is 0 Å². The molecule has 0 aromatic rings. The average Bonchev–Trinajstić information content (AvgIpc) is 2.16. The minimum atomic E-state index is -3.81. The Kier molecular flexibility index (Phi) is 7.23. The van der Waals surface area contributed by atoms with Gasteiger partial charge in [0.05, 0.1) is 32.9 Å². The van der Waals surface area contributed by atoms with Crippen LogP contribution < -0.4 is 0 Å². The molecule has 0 fully saturated rings. The lowest BCUT2D eigenvalue weighted by Gasteiger charge is -2.32. The van der Waals surface area contributed by atoms with Gasteiger partial charge < -0.3 is 4.48 Å². The van der Waals surface area contributed by atoms with Crippen LogP contribution in [-0.2, 0) is 10.1 Å². The van der Waals surface area contributed by atoms with Crippen molar-refractivity contribution in [2.75, 3.05) is 52.6 Å². The molecule has 0 aliphatic heterocycles. The van der Waals surface area contributed by atoms with Crippen molar-refractivity contribution in [3.63, 3.8) is 0 Å². The van der Waals surface area contributed by atoms with E-state index in [4.69, 9.17) is 4.55 Å².